The van der Waals surface area contributed by atoms with E-state index < -0.39 is 43.6 Å². The monoisotopic (exact) mass is 704 g/mol. The highest BCUT2D eigenvalue weighted by Gasteiger charge is 2.23. The molecular formula is C26H28N10O10S2. The molecule has 1 heterocycles. The molecule has 4 rings (SSSR count). The minimum absolute atomic E-state index is 0.0000174. The second kappa shape index (κ2) is 15.0. The Labute approximate surface area is 272 Å². The number of carboxylic acids is 1. The van der Waals surface area contributed by atoms with Gasteiger partial charge < -0.3 is 26.2 Å². The summed E-state index contributed by atoms with van der Waals surface area (Å²) in [5.41, 5.74) is 0.737. The number of hydrogen-bond donors (Lipinski definition) is 7. The lowest BCUT2D eigenvalue weighted by Crippen LogP contribution is -2.17. The molecule has 3 aromatic carbocycles. The number of nitrogens with zero attached hydrogens (tertiary/aromatic N) is 5. The minimum atomic E-state index is -4.52. The van der Waals surface area contributed by atoms with Gasteiger partial charge in [-0.05, 0) is 66.8 Å². The number of phenols is 1. The van der Waals surface area contributed by atoms with Crippen molar-refractivity contribution in [3.63, 3.8) is 0 Å². The number of rotatable bonds is 16. The third-order valence-electron chi connectivity index (χ3n) is 6.25. The van der Waals surface area contributed by atoms with E-state index in [1.807, 2.05) is 0 Å². The van der Waals surface area contributed by atoms with E-state index in [0.29, 0.717) is 17.8 Å². The molecule has 0 radical (unpaired) electrons. The van der Waals surface area contributed by atoms with E-state index in [9.17, 15) is 31.5 Å². The number of aromatic hydroxyl groups is 1. The molecule has 254 valence electrons. The Morgan fingerprint density at radius 3 is 2.40 bits per heavy atom. The first-order valence-electron chi connectivity index (χ1n) is 13.5. The lowest BCUT2D eigenvalue weighted by Gasteiger charge is -2.16. The zero-order chi connectivity index (χ0) is 35.1. The molecule has 0 spiro atoms. The van der Waals surface area contributed by atoms with Gasteiger partial charge in [-0.2, -0.15) is 47.1 Å². The molecule has 22 heteroatoms. The maximum atomic E-state index is 12.7. The van der Waals surface area contributed by atoms with Crippen LogP contribution in [0.1, 0.15) is 17.8 Å². The van der Waals surface area contributed by atoms with Crippen LogP contribution in [0.25, 0.3) is 10.8 Å². The topological polar surface area (TPSA) is 313 Å². The fourth-order valence-corrected chi connectivity index (χ4v) is 5.19. The molecule has 0 fully saturated rings. The van der Waals surface area contributed by atoms with Gasteiger partial charge in [-0.1, -0.05) is 0 Å². The van der Waals surface area contributed by atoms with Gasteiger partial charge in [-0.25, -0.2) is 5.14 Å². The highest BCUT2D eigenvalue weighted by atomic mass is 32.2. The van der Waals surface area contributed by atoms with E-state index in [-0.39, 0.29) is 64.8 Å². The minimum Gasteiger partial charge on any atom is -0.505 e. The fraction of sp³-hybridized carbons (Fsp3) is 0.192. The molecule has 0 saturated heterocycles. The Morgan fingerprint density at radius 2 is 1.75 bits per heavy atom. The number of hydrogen-bond acceptors (Lipinski definition) is 17. The van der Waals surface area contributed by atoms with Crippen molar-refractivity contribution in [3.8, 4) is 5.75 Å². The zero-order valence-electron chi connectivity index (χ0n) is 24.8. The normalized spacial score (nSPS) is 11.9. The molecule has 0 bridgehead atoms. The standard InChI is InChI=1S/C26H28N10O10S2/c1-14-31-25(29-8-6-21(38)39)34-26(32-14)33-20-12-19(47(41,42)46-27)11-16-10-15(7-9-45-48(28,43)44)23(24(40)22(16)20)36-35-18-4-2-17(3-5-18)30-13-37/h2-5,10-13,40H,6-9,27H2,1H3,(H,30,37)(H,38,39)(H2,28,43,44)(H2,29,31,32,33,34). The Bertz CT molecular complexity index is 2100. The lowest BCUT2D eigenvalue weighted by atomic mass is 10.00. The second-order valence-corrected chi connectivity index (χ2v) is 12.4. The number of amides is 1. The maximum absolute atomic E-state index is 12.7. The quantitative estimate of drug-likeness (QED) is 0.0498. The third kappa shape index (κ3) is 9.34. The number of azo groups is 1. The van der Waals surface area contributed by atoms with Crippen LogP contribution in [0.4, 0.5) is 34.6 Å². The van der Waals surface area contributed by atoms with Crippen molar-refractivity contribution in [1.82, 2.24) is 15.0 Å². The number of carboxylic acid groups (broad SMARTS) is 1. The Hall–Kier alpha value is -5.39. The smallest absolute Gasteiger partial charge is 0.333 e. The van der Waals surface area contributed by atoms with Gasteiger partial charge in [0.25, 0.3) is 0 Å². The van der Waals surface area contributed by atoms with Crippen molar-refractivity contribution in [2.75, 3.05) is 29.1 Å². The summed E-state index contributed by atoms with van der Waals surface area (Å²) in [5, 5.41) is 42.0. The predicted octanol–water partition coefficient (Wildman–Crippen LogP) is 1.99. The van der Waals surface area contributed by atoms with Crippen molar-refractivity contribution in [2.24, 2.45) is 21.3 Å². The Kier molecular flexibility index (Phi) is 11.1. The zero-order valence-corrected chi connectivity index (χ0v) is 26.4. The molecule has 1 aromatic heterocycles. The number of aryl methyl sites for hydroxylation is 1. The van der Waals surface area contributed by atoms with Crippen molar-refractivity contribution in [1.29, 1.82) is 0 Å². The van der Waals surface area contributed by atoms with Crippen LogP contribution in [0, 0.1) is 6.92 Å². The van der Waals surface area contributed by atoms with Crippen molar-refractivity contribution in [2.45, 2.75) is 24.7 Å². The molecule has 9 N–H and O–H groups in total. The number of aromatic nitrogens is 3. The van der Waals surface area contributed by atoms with Crippen molar-refractivity contribution < 1.29 is 45.1 Å². The molecule has 0 atom stereocenters. The average Bonchev–Trinajstić information content (AvgIpc) is 3.00. The Balaban J connectivity index is 1.89. The van der Waals surface area contributed by atoms with Crippen molar-refractivity contribution in [3.05, 3.63) is 53.9 Å². The van der Waals surface area contributed by atoms with Crippen LogP contribution in [0.2, 0.25) is 0 Å². The average molecular weight is 705 g/mol. The molecule has 48 heavy (non-hydrogen) atoms. The lowest BCUT2D eigenvalue weighted by molar-refractivity contribution is -0.136. The summed E-state index contributed by atoms with van der Waals surface area (Å²) >= 11 is 0. The van der Waals surface area contributed by atoms with Gasteiger partial charge in [0, 0.05) is 17.6 Å². The number of nitrogens with two attached hydrogens (primary N) is 2. The van der Waals surface area contributed by atoms with E-state index in [4.69, 9.17) is 16.1 Å². The molecular weight excluding hydrogens is 676 g/mol. The highest BCUT2D eigenvalue weighted by Crippen LogP contribution is 2.44. The molecule has 0 saturated carbocycles. The summed E-state index contributed by atoms with van der Waals surface area (Å²) in [6.07, 6.45) is 0.0743. The number of benzene rings is 3. The number of anilines is 4. The first-order chi connectivity index (χ1) is 22.7. The number of nitrogens with one attached hydrogen (secondary N) is 3. The van der Waals surface area contributed by atoms with Crippen LogP contribution in [0.3, 0.4) is 0 Å². The molecule has 0 aliphatic heterocycles. The van der Waals surface area contributed by atoms with Gasteiger partial charge >= 0.3 is 26.4 Å². The first-order valence-corrected chi connectivity index (χ1v) is 16.4. The SMILES string of the molecule is Cc1nc(NCCC(=O)O)nc(Nc2cc(S(=O)(=O)ON)cc3cc(CCOS(N)(=O)=O)c(N=Nc4ccc(NC=O)cc4)c(O)c23)n1. The highest BCUT2D eigenvalue weighted by molar-refractivity contribution is 7.86. The van der Waals surface area contributed by atoms with E-state index in [0.717, 1.165) is 12.1 Å². The first kappa shape index (κ1) is 35.5. The molecule has 0 unspecified atom stereocenters. The van der Waals surface area contributed by atoms with Gasteiger partial charge in [0.15, 0.2) is 5.75 Å². The summed E-state index contributed by atoms with van der Waals surface area (Å²) < 4.78 is 57.0. The van der Waals surface area contributed by atoms with Gasteiger partial charge in [0.1, 0.15) is 11.5 Å². The van der Waals surface area contributed by atoms with Crippen LogP contribution in [0.5, 0.6) is 5.75 Å². The molecule has 0 aliphatic carbocycles. The molecule has 0 aliphatic rings. The fourth-order valence-electron chi connectivity index (χ4n) is 4.23. The summed E-state index contributed by atoms with van der Waals surface area (Å²) in [6, 6.07) is 9.79. The van der Waals surface area contributed by atoms with Gasteiger partial charge in [0.05, 0.1) is 29.3 Å². The van der Waals surface area contributed by atoms with E-state index in [1.54, 1.807) is 12.1 Å². The van der Waals surface area contributed by atoms with Gasteiger partial charge in [-0.15, -0.1) is 5.11 Å². The Morgan fingerprint density at radius 1 is 1.04 bits per heavy atom. The summed E-state index contributed by atoms with van der Waals surface area (Å²) in [5.74, 6) is 3.54. The second-order valence-electron chi connectivity index (χ2n) is 9.65. The van der Waals surface area contributed by atoms with Crippen LogP contribution in [-0.4, -0.2) is 67.5 Å². The van der Waals surface area contributed by atoms with Crippen LogP contribution in [-0.2, 0) is 44.9 Å². The van der Waals surface area contributed by atoms with E-state index in [1.165, 1.54) is 25.1 Å². The number of aliphatic carboxylic acids is 1. The summed E-state index contributed by atoms with van der Waals surface area (Å²) in [4.78, 5) is 33.7. The summed E-state index contributed by atoms with van der Waals surface area (Å²) in [7, 11) is -8.85. The number of carbonyl (C=O) groups excluding carboxylic acids is 1. The maximum Gasteiger partial charge on any atom is 0.333 e. The van der Waals surface area contributed by atoms with Crippen LogP contribution in [0.15, 0.2) is 57.6 Å². The number of fused-ring (bicyclic) bond motifs is 1. The van der Waals surface area contributed by atoms with Crippen LogP contribution < -0.4 is 27.0 Å². The third-order valence-corrected chi connectivity index (χ3v) is 7.81. The van der Waals surface area contributed by atoms with Crippen molar-refractivity contribution >= 4 is 78.2 Å². The van der Waals surface area contributed by atoms with E-state index in [2.05, 4.69) is 49.6 Å². The largest absolute Gasteiger partial charge is 0.505 e. The van der Waals surface area contributed by atoms with Gasteiger partial charge in [0.2, 0.25) is 18.3 Å². The predicted molar refractivity (Wildman–Crippen MR) is 170 cm³/mol. The molecule has 1 amide bonds. The van der Waals surface area contributed by atoms with Gasteiger partial charge in [-0.3, -0.25) is 13.8 Å². The molecule has 4 aromatic rings. The van der Waals surface area contributed by atoms with Crippen LogP contribution >= 0.6 is 0 Å². The van der Waals surface area contributed by atoms with E-state index >= 15 is 0 Å². The number of phenolic OH excluding ortho intramolecular Hbond substituents is 1. The number of carbonyl (C=O) groups is 2. The summed E-state index contributed by atoms with van der Waals surface area (Å²) in [6.45, 7) is 1.05. The molecule has 20 nitrogen and oxygen atoms in total.